The van der Waals surface area contributed by atoms with Gasteiger partial charge < -0.3 is 4.90 Å². The van der Waals surface area contributed by atoms with Crippen molar-refractivity contribution in [1.29, 1.82) is 0 Å². The fourth-order valence-electron chi connectivity index (χ4n) is 2.29. The Morgan fingerprint density at radius 2 is 1.91 bits per heavy atom. The highest BCUT2D eigenvalue weighted by molar-refractivity contribution is 5.79. The zero-order valence-electron chi connectivity index (χ0n) is 12.4. The highest BCUT2D eigenvalue weighted by Gasteiger charge is 2.11. The number of aromatic nitrogens is 2. The van der Waals surface area contributed by atoms with Crippen molar-refractivity contribution in [3.8, 4) is 0 Å². The van der Waals surface area contributed by atoms with E-state index in [9.17, 15) is 9.59 Å². The standard InChI is InChI=1S/C17H19N3O2/c1-3-10-19(11-4-2)17(22)9-12-20-15-8-6-5-7-14(15)16(21)13-18-20/h3-8,13H,1-2,9-12H2. The number of amides is 1. The Morgan fingerprint density at radius 3 is 2.59 bits per heavy atom. The maximum Gasteiger partial charge on any atom is 0.224 e. The Morgan fingerprint density at radius 1 is 1.23 bits per heavy atom. The summed E-state index contributed by atoms with van der Waals surface area (Å²) < 4.78 is 1.69. The van der Waals surface area contributed by atoms with E-state index in [1.54, 1.807) is 27.8 Å². The summed E-state index contributed by atoms with van der Waals surface area (Å²) >= 11 is 0. The molecule has 0 aliphatic carbocycles. The average Bonchev–Trinajstić information content (AvgIpc) is 2.54. The topological polar surface area (TPSA) is 55.2 Å². The maximum absolute atomic E-state index is 12.2. The van der Waals surface area contributed by atoms with E-state index in [1.807, 2.05) is 18.2 Å². The highest BCUT2D eigenvalue weighted by Crippen LogP contribution is 2.09. The Labute approximate surface area is 129 Å². The molecule has 0 unspecified atom stereocenters. The van der Waals surface area contributed by atoms with Crippen LogP contribution in [0.25, 0.3) is 10.9 Å². The van der Waals surface area contributed by atoms with E-state index in [0.717, 1.165) is 5.52 Å². The molecular formula is C17H19N3O2. The molecule has 0 spiro atoms. The fourth-order valence-corrected chi connectivity index (χ4v) is 2.29. The normalized spacial score (nSPS) is 10.4. The monoisotopic (exact) mass is 297 g/mol. The zero-order valence-corrected chi connectivity index (χ0v) is 12.4. The van der Waals surface area contributed by atoms with Crippen molar-refractivity contribution in [3.63, 3.8) is 0 Å². The maximum atomic E-state index is 12.2. The highest BCUT2D eigenvalue weighted by atomic mass is 16.2. The Bertz CT molecular complexity index is 739. The molecule has 1 amide bonds. The molecule has 2 rings (SSSR count). The third kappa shape index (κ3) is 3.49. The number of carbonyl (C=O) groups excluding carboxylic acids is 1. The van der Waals surface area contributed by atoms with Crippen LogP contribution in [-0.4, -0.2) is 33.7 Å². The van der Waals surface area contributed by atoms with Gasteiger partial charge in [-0.15, -0.1) is 13.2 Å². The molecule has 5 nitrogen and oxygen atoms in total. The van der Waals surface area contributed by atoms with Crippen LogP contribution in [-0.2, 0) is 11.3 Å². The first kappa shape index (κ1) is 15.7. The fraction of sp³-hybridized carbons (Fsp3) is 0.235. The third-order valence-electron chi connectivity index (χ3n) is 3.35. The quantitative estimate of drug-likeness (QED) is 0.734. The Kier molecular flexibility index (Phi) is 5.25. The number of carbonyl (C=O) groups is 1. The van der Waals surface area contributed by atoms with E-state index in [2.05, 4.69) is 18.3 Å². The van der Waals surface area contributed by atoms with Gasteiger partial charge in [0.1, 0.15) is 0 Å². The zero-order chi connectivity index (χ0) is 15.9. The smallest absolute Gasteiger partial charge is 0.224 e. The van der Waals surface area contributed by atoms with E-state index < -0.39 is 0 Å². The van der Waals surface area contributed by atoms with E-state index >= 15 is 0 Å². The van der Waals surface area contributed by atoms with Crippen LogP contribution < -0.4 is 5.43 Å². The molecule has 5 heteroatoms. The van der Waals surface area contributed by atoms with E-state index in [4.69, 9.17) is 0 Å². The van der Waals surface area contributed by atoms with Crippen molar-refractivity contribution in [2.45, 2.75) is 13.0 Å². The van der Waals surface area contributed by atoms with Gasteiger partial charge in [0.25, 0.3) is 0 Å². The first-order valence-corrected chi connectivity index (χ1v) is 7.11. The van der Waals surface area contributed by atoms with Gasteiger partial charge in [0.15, 0.2) is 0 Å². The van der Waals surface area contributed by atoms with Gasteiger partial charge in [0.05, 0.1) is 18.3 Å². The van der Waals surface area contributed by atoms with Gasteiger partial charge >= 0.3 is 0 Å². The molecule has 0 radical (unpaired) electrons. The van der Waals surface area contributed by atoms with Gasteiger partial charge in [-0.2, -0.15) is 5.10 Å². The van der Waals surface area contributed by atoms with Crippen LogP contribution in [0.5, 0.6) is 0 Å². The lowest BCUT2D eigenvalue weighted by Gasteiger charge is -2.19. The molecule has 114 valence electrons. The summed E-state index contributed by atoms with van der Waals surface area (Å²) in [4.78, 5) is 25.7. The molecule has 1 aromatic carbocycles. The van der Waals surface area contributed by atoms with Crippen LogP contribution >= 0.6 is 0 Å². The number of nitrogens with zero attached hydrogens (tertiary/aromatic N) is 3. The van der Waals surface area contributed by atoms with Crippen LogP contribution in [0.2, 0.25) is 0 Å². The minimum absolute atomic E-state index is 0.00406. The number of hydrogen-bond acceptors (Lipinski definition) is 3. The molecule has 0 saturated heterocycles. The van der Waals surface area contributed by atoms with Crippen molar-refractivity contribution in [1.82, 2.24) is 14.7 Å². The molecule has 0 aliphatic rings. The van der Waals surface area contributed by atoms with Crippen molar-refractivity contribution in [2.75, 3.05) is 13.1 Å². The minimum atomic E-state index is -0.113. The predicted octanol–water partition coefficient (Wildman–Crippen LogP) is 1.99. The molecule has 0 atom stereocenters. The van der Waals surface area contributed by atoms with Gasteiger partial charge in [-0.25, -0.2) is 0 Å². The van der Waals surface area contributed by atoms with Gasteiger partial charge in [-0.05, 0) is 12.1 Å². The van der Waals surface area contributed by atoms with Gasteiger partial charge in [-0.1, -0.05) is 24.3 Å². The van der Waals surface area contributed by atoms with E-state index in [-0.39, 0.29) is 11.3 Å². The molecule has 0 N–H and O–H groups in total. The summed E-state index contributed by atoms with van der Waals surface area (Å²) in [5, 5.41) is 4.73. The van der Waals surface area contributed by atoms with E-state index in [0.29, 0.717) is 31.4 Å². The number of fused-ring (bicyclic) bond motifs is 1. The van der Waals surface area contributed by atoms with Crippen molar-refractivity contribution in [3.05, 3.63) is 66.0 Å². The first-order valence-electron chi connectivity index (χ1n) is 7.11. The summed E-state index contributed by atoms with van der Waals surface area (Å²) in [7, 11) is 0. The van der Waals surface area contributed by atoms with Crippen LogP contribution in [0, 0.1) is 0 Å². The minimum Gasteiger partial charge on any atom is -0.335 e. The summed E-state index contributed by atoms with van der Waals surface area (Å²) in [6.45, 7) is 8.71. The molecular weight excluding hydrogens is 278 g/mol. The number of rotatable bonds is 7. The second kappa shape index (κ2) is 7.36. The summed E-state index contributed by atoms with van der Waals surface area (Å²) in [6.07, 6.45) is 4.97. The molecule has 1 heterocycles. The van der Waals surface area contributed by atoms with Crippen LogP contribution in [0.15, 0.2) is 60.6 Å². The summed E-state index contributed by atoms with van der Waals surface area (Å²) in [5.41, 5.74) is 0.625. The van der Waals surface area contributed by atoms with Crippen LogP contribution in [0.3, 0.4) is 0 Å². The summed E-state index contributed by atoms with van der Waals surface area (Å²) in [6, 6.07) is 7.26. The van der Waals surface area contributed by atoms with Crippen molar-refractivity contribution >= 4 is 16.8 Å². The lowest BCUT2D eigenvalue weighted by atomic mass is 10.2. The van der Waals surface area contributed by atoms with Crippen molar-refractivity contribution in [2.24, 2.45) is 0 Å². The number of hydrogen-bond donors (Lipinski definition) is 0. The van der Waals surface area contributed by atoms with Crippen LogP contribution in [0.1, 0.15) is 6.42 Å². The largest absolute Gasteiger partial charge is 0.335 e. The molecule has 1 aromatic heterocycles. The lowest BCUT2D eigenvalue weighted by Crippen LogP contribution is -2.32. The van der Waals surface area contributed by atoms with Crippen molar-refractivity contribution < 1.29 is 4.79 Å². The van der Waals surface area contributed by atoms with Gasteiger partial charge in [0, 0.05) is 24.9 Å². The molecule has 0 aliphatic heterocycles. The number of aryl methyl sites for hydroxylation is 1. The van der Waals surface area contributed by atoms with Crippen LogP contribution in [0.4, 0.5) is 0 Å². The average molecular weight is 297 g/mol. The number of benzene rings is 1. The van der Waals surface area contributed by atoms with Gasteiger partial charge in [0.2, 0.25) is 11.3 Å². The summed E-state index contributed by atoms with van der Waals surface area (Å²) in [5.74, 6) is 0.00406. The first-order chi connectivity index (χ1) is 10.7. The molecule has 2 aromatic rings. The van der Waals surface area contributed by atoms with E-state index in [1.165, 1.54) is 6.20 Å². The lowest BCUT2D eigenvalue weighted by molar-refractivity contribution is -0.130. The molecule has 22 heavy (non-hydrogen) atoms. The predicted molar refractivity (Wildman–Crippen MR) is 87.6 cm³/mol. The third-order valence-corrected chi connectivity index (χ3v) is 3.35. The second-order valence-corrected chi connectivity index (χ2v) is 4.88. The molecule has 0 fully saturated rings. The number of para-hydroxylation sites is 1. The molecule has 0 saturated carbocycles. The Hall–Kier alpha value is -2.69. The SMILES string of the molecule is C=CCN(CC=C)C(=O)CCn1ncc(=O)c2ccccc21. The van der Waals surface area contributed by atoms with Gasteiger partial charge in [-0.3, -0.25) is 14.3 Å². The Balaban J connectivity index is 2.16. The second-order valence-electron chi connectivity index (χ2n) is 4.88. The molecule has 0 bridgehead atoms.